The Balaban J connectivity index is 1.23. The molecule has 1 aromatic carbocycles. The summed E-state index contributed by atoms with van der Waals surface area (Å²) in [5.41, 5.74) is 0.614. The Hall–Kier alpha value is -2.44. The van der Waals surface area contributed by atoms with E-state index in [9.17, 15) is 18.0 Å². The molecule has 3 fully saturated rings. The molecule has 3 aliphatic heterocycles. The Kier molecular flexibility index (Phi) is 7.36. The highest BCUT2D eigenvalue weighted by Gasteiger charge is 2.38. The van der Waals surface area contributed by atoms with Crippen molar-refractivity contribution >= 4 is 29.5 Å². The summed E-state index contributed by atoms with van der Waals surface area (Å²) < 4.78 is 45.9. The highest BCUT2D eigenvalue weighted by atomic mass is 32.2. The minimum atomic E-state index is -4.38. The van der Waals surface area contributed by atoms with Crippen LogP contribution in [0.25, 0.3) is 0 Å². The predicted octanol–water partition coefficient (Wildman–Crippen LogP) is 3.66. The first-order chi connectivity index (χ1) is 17.3. The summed E-state index contributed by atoms with van der Waals surface area (Å²) >= 11 is 1.41. The molecule has 1 aromatic heterocycles. The minimum Gasteiger partial charge on any atom is -0.368 e. The van der Waals surface area contributed by atoms with Crippen LogP contribution in [0.3, 0.4) is 0 Å². The number of alkyl halides is 3. The Morgan fingerprint density at radius 1 is 1.11 bits per heavy atom. The molecule has 1 unspecified atom stereocenters. The zero-order chi connectivity index (χ0) is 25.3. The molecule has 0 saturated carbocycles. The van der Waals surface area contributed by atoms with Crippen molar-refractivity contribution in [3.63, 3.8) is 0 Å². The van der Waals surface area contributed by atoms with E-state index >= 15 is 0 Å². The van der Waals surface area contributed by atoms with Crippen LogP contribution < -0.4 is 9.62 Å². The van der Waals surface area contributed by atoms with E-state index in [1.165, 1.54) is 22.7 Å². The van der Waals surface area contributed by atoms with Gasteiger partial charge in [-0.1, -0.05) is 18.0 Å². The van der Waals surface area contributed by atoms with Crippen LogP contribution in [0.1, 0.15) is 24.0 Å². The van der Waals surface area contributed by atoms with Crippen LogP contribution in [-0.4, -0.2) is 95.2 Å². The summed E-state index contributed by atoms with van der Waals surface area (Å²) in [5, 5.41) is 4.24. The number of piperazine rings is 2. The van der Waals surface area contributed by atoms with Crippen LogP contribution in [0.2, 0.25) is 0 Å². The third-order valence-electron chi connectivity index (χ3n) is 7.34. The first kappa shape index (κ1) is 25.2. The maximum atomic E-state index is 13.9. The molecule has 3 aliphatic rings. The third-order valence-corrected chi connectivity index (χ3v) is 7.75. The predicted molar refractivity (Wildman–Crippen MR) is 135 cm³/mol. The lowest BCUT2D eigenvalue weighted by Crippen LogP contribution is -2.50. The number of anilines is 2. The smallest absolute Gasteiger partial charge is 0.368 e. The molecule has 196 valence electrons. The topological polar surface area (TPSA) is 59.9 Å². The van der Waals surface area contributed by atoms with Crippen LogP contribution in [0.4, 0.5) is 29.5 Å². The number of hydrogen-bond acceptors (Lipinski definition) is 7. The number of amides is 1. The van der Waals surface area contributed by atoms with Crippen molar-refractivity contribution in [2.75, 3.05) is 68.2 Å². The molecule has 2 aromatic rings. The molecule has 8 nitrogen and oxygen atoms in total. The first-order valence-corrected chi connectivity index (χ1v) is 13.6. The zero-order valence-corrected chi connectivity index (χ0v) is 21.2. The molecule has 0 spiro atoms. The second kappa shape index (κ2) is 10.5. The van der Waals surface area contributed by atoms with Gasteiger partial charge in [0.1, 0.15) is 0 Å². The maximum absolute atomic E-state index is 13.9. The number of benzene rings is 1. The number of rotatable bonds is 5. The first-order valence-electron chi connectivity index (χ1n) is 12.4. The Labute approximate surface area is 213 Å². The molecular formula is C24H32F3N7OS. The van der Waals surface area contributed by atoms with Gasteiger partial charge in [-0.2, -0.15) is 17.9 Å². The van der Waals surface area contributed by atoms with Crippen molar-refractivity contribution in [2.45, 2.75) is 31.6 Å². The van der Waals surface area contributed by atoms with Gasteiger partial charge in [-0.05, 0) is 37.1 Å². The second-order valence-corrected chi connectivity index (χ2v) is 10.2. The normalized spacial score (nSPS) is 21.6. The van der Waals surface area contributed by atoms with Crippen molar-refractivity contribution in [3.05, 3.63) is 41.6 Å². The van der Waals surface area contributed by atoms with E-state index in [0.717, 1.165) is 31.5 Å². The second-order valence-electron chi connectivity index (χ2n) is 9.62. The van der Waals surface area contributed by atoms with Gasteiger partial charge in [0.25, 0.3) is 0 Å². The van der Waals surface area contributed by atoms with Gasteiger partial charge in [0.15, 0.2) is 5.82 Å². The van der Waals surface area contributed by atoms with Crippen molar-refractivity contribution < 1.29 is 18.0 Å². The number of nitrogens with zero attached hydrogens (tertiary/aromatic N) is 6. The Morgan fingerprint density at radius 2 is 1.92 bits per heavy atom. The highest BCUT2D eigenvalue weighted by molar-refractivity contribution is 7.99. The Morgan fingerprint density at radius 3 is 2.67 bits per heavy atom. The lowest BCUT2D eigenvalue weighted by molar-refractivity contribution is -0.137. The van der Waals surface area contributed by atoms with Gasteiger partial charge in [0.2, 0.25) is 0 Å². The van der Waals surface area contributed by atoms with E-state index in [2.05, 4.69) is 19.6 Å². The molecule has 36 heavy (non-hydrogen) atoms. The number of halogens is 3. The summed E-state index contributed by atoms with van der Waals surface area (Å²) in [6.07, 6.45) is 1.31. The van der Waals surface area contributed by atoms with E-state index < -0.39 is 11.7 Å². The highest BCUT2D eigenvalue weighted by Crippen LogP contribution is 2.39. The lowest BCUT2D eigenvalue weighted by Gasteiger charge is -2.40. The quantitative estimate of drug-likeness (QED) is 0.601. The van der Waals surface area contributed by atoms with E-state index in [1.807, 2.05) is 11.2 Å². The van der Waals surface area contributed by atoms with Gasteiger partial charge in [-0.3, -0.25) is 9.80 Å². The molecule has 4 heterocycles. The largest absolute Gasteiger partial charge is 0.418 e. The third kappa shape index (κ3) is 5.45. The molecule has 12 heteroatoms. The number of nitrogens with one attached hydrogen (secondary N) is 1. The number of aromatic nitrogens is 2. The average molecular weight is 524 g/mol. The van der Waals surface area contributed by atoms with Gasteiger partial charge >= 0.3 is 12.2 Å². The van der Waals surface area contributed by atoms with Gasteiger partial charge in [-0.25, -0.2) is 4.79 Å². The summed E-state index contributed by atoms with van der Waals surface area (Å²) in [4.78, 5) is 21.0. The molecule has 0 aliphatic carbocycles. The summed E-state index contributed by atoms with van der Waals surface area (Å²) in [6, 6.07) is 6.49. The maximum Gasteiger partial charge on any atom is 0.418 e. The molecule has 0 radical (unpaired) electrons. The standard InChI is InChI=1S/C24H32F3N7OS/c1-36-29-22-6-8-34(28-22)23(35)32-11-9-30(10-12-32)16-18-4-5-20(24(25,26)27)21(15-18)33-14-13-31-7-2-3-19(31)17-33/h4-6,8,15,19H,2-3,7,9-14,16-17H2,1H3,(H,28,29). The number of carbonyl (C=O) groups is 1. The zero-order valence-electron chi connectivity index (χ0n) is 20.4. The fourth-order valence-electron chi connectivity index (χ4n) is 5.48. The van der Waals surface area contributed by atoms with Gasteiger partial charge in [-0.15, -0.1) is 5.10 Å². The summed E-state index contributed by atoms with van der Waals surface area (Å²) in [7, 11) is 0. The molecule has 0 bridgehead atoms. The molecular weight excluding hydrogens is 491 g/mol. The molecule has 1 amide bonds. The van der Waals surface area contributed by atoms with Crippen molar-refractivity contribution in [3.8, 4) is 0 Å². The van der Waals surface area contributed by atoms with E-state index in [4.69, 9.17) is 0 Å². The SMILES string of the molecule is CSNc1ccn(C(=O)N2CCN(Cc3ccc(C(F)(F)F)c(N4CCN5CCCC5C4)c3)CC2)n1. The number of fused-ring (bicyclic) bond motifs is 1. The minimum absolute atomic E-state index is 0.174. The van der Waals surface area contributed by atoms with Crippen LogP contribution >= 0.6 is 11.9 Å². The summed E-state index contributed by atoms with van der Waals surface area (Å²) in [6.45, 7) is 6.07. The molecule has 5 rings (SSSR count). The van der Waals surface area contributed by atoms with Crippen molar-refractivity contribution in [2.24, 2.45) is 0 Å². The lowest BCUT2D eigenvalue weighted by atomic mass is 10.0. The van der Waals surface area contributed by atoms with Gasteiger partial charge < -0.3 is 14.5 Å². The van der Waals surface area contributed by atoms with Crippen LogP contribution in [0, 0.1) is 0 Å². The molecule has 1 N–H and O–H groups in total. The van der Waals surface area contributed by atoms with Gasteiger partial charge in [0, 0.05) is 82.6 Å². The molecule has 1 atom stereocenters. The van der Waals surface area contributed by atoms with E-state index in [-0.39, 0.29) is 6.03 Å². The van der Waals surface area contributed by atoms with Crippen molar-refractivity contribution in [1.29, 1.82) is 0 Å². The van der Waals surface area contributed by atoms with Crippen LogP contribution in [0.15, 0.2) is 30.5 Å². The van der Waals surface area contributed by atoms with Crippen LogP contribution in [-0.2, 0) is 12.7 Å². The fraction of sp³-hybridized carbons (Fsp3) is 0.583. The van der Waals surface area contributed by atoms with Gasteiger partial charge in [0.05, 0.1) is 5.56 Å². The number of hydrogen-bond donors (Lipinski definition) is 1. The van der Waals surface area contributed by atoms with E-state index in [0.29, 0.717) is 63.4 Å². The summed E-state index contributed by atoms with van der Waals surface area (Å²) in [5.74, 6) is 0.627. The monoisotopic (exact) mass is 523 g/mol. The molecule has 3 saturated heterocycles. The average Bonchev–Trinajstić information content (AvgIpc) is 3.53. The van der Waals surface area contributed by atoms with E-state index in [1.54, 1.807) is 29.3 Å². The number of carbonyl (C=O) groups excluding carboxylic acids is 1. The van der Waals surface area contributed by atoms with Crippen molar-refractivity contribution in [1.82, 2.24) is 24.5 Å². The fourth-order valence-corrected chi connectivity index (χ4v) is 5.79. The Bertz CT molecular complexity index is 1070. The van der Waals surface area contributed by atoms with Crippen LogP contribution in [0.5, 0.6) is 0 Å².